The monoisotopic (exact) mass is 229 g/mol. The highest BCUT2D eigenvalue weighted by Gasteiger charge is 2.10. The van der Waals surface area contributed by atoms with E-state index in [0.29, 0.717) is 11.1 Å². The number of aryl methyl sites for hydroxylation is 1. The highest BCUT2D eigenvalue weighted by atomic mass is 19.2. The van der Waals surface area contributed by atoms with E-state index in [1.54, 1.807) is 25.1 Å². The fraction of sp³-hybridized carbons (Fsp3) is 0.0714. The lowest BCUT2D eigenvalue weighted by Crippen LogP contribution is -1.90. The molecule has 0 aliphatic rings. The number of rotatable bonds is 1. The van der Waals surface area contributed by atoms with Crippen LogP contribution in [-0.2, 0) is 0 Å². The lowest BCUT2D eigenvalue weighted by atomic mass is 10.00. The van der Waals surface area contributed by atoms with Gasteiger partial charge in [-0.1, -0.05) is 24.3 Å². The average molecular weight is 229 g/mol. The van der Waals surface area contributed by atoms with E-state index in [4.69, 9.17) is 5.26 Å². The van der Waals surface area contributed by atoms with Gasteiger partial charge in [0.2, 0.25) is 0 Å². The molecule has 2 aromatic rings. The molecule has 17 heavy (non-hydrogen) atoms. The molecule has 1 nitrogen and oxygen atoms in total. The fourth-order valence-electron chi connectivity index (χ4n) is 1.68. The van der Waals surface area contributed by atoms with Gasteiger partial charge in [0, 0.05) is 5.56 Å². The Morgan fingerprint density at radius 2 is 1.88 bits per heavy atom. The van der Waals surface area contributed by atoms with Crippen LogP contribution >= 0.6 is 0 Å². The molecule has 0 saturated heterocycles. The average Bonchev–Trinajstić information content (AvgIpc) is 2.32. The Bertz CT molecular complexity index is 612. The first-order valence-electron chi connectivity index (χ1n) is 5.08. The summed E-state index contributed by atoms with van der Waals surface area (Å²) in [6.07, 6.45) is 0. The van der Waals surface area contributed by atoms with Crippen LogP contribution in [-0.4, -0.2) is 0 Å². The standard InChI is InChI=1S/C14H9F2N/c1-9-7-10(5-6-11(9)8-17)12-3-2-4-13(15)14(12)16/h2-7H,1H3. The molecule has 0 saturated carbocycles. The van der Waals surface area contributed by atoms with Crippen molar-refractivity contribution >= 4 is 0 Å². The van der Waals surface area contributed by atoms with Gasteiger partial charge in [0.25, 0.3) is 0 Å². The van der Waals surface area contributed by atoms with Gasteiger partial charge in [0.1, 0.15) is 0 Å². The van der Waals surface area contributed by atoms with Crippen molar-refractivity contribution < 1.29 is 8.78 Å². The predicted molar refractivity (Wildman–Crippen MR) is 61.2 cm³/mol. The Morgan fingerprint density at radius 3 is 2.53 bits per heavy atom. The van der Waals surface area contributed by atoms with E-state index in [1.165, 1.54) is 12.1 Å². The molecule has 0 atom stereocenters. The number of nitriles is 1. The molecule has 0 bridgehead atoms. The fourth-order valence-corrected chi connectivity index (χ4v) is 1.68. The molecule has 3 heteroatoms. The van der Waals surface area contributed by atoms with Gasteiger partial charge in [-0.3, -0.25) is 0 Å². The van der Waals surface area contributed by atoms with Crippen molar-refractivity contribution in [1.82, 2.24) is 0 Å². The van der Waals surface area contributed by atoms with Gasteiger partial charge in [-0.15, -0.1) is 0 Å². The maximum absolute atomic E-state index is 13.6. The molecular weight excluding hydrogens is 220 g/mol. The molecule has 0 radical (unpaired) electrons. The van der Waals surface area contributed by atoms with Gasteiger partial charge < -0.3 is 0 Å². The smallest absolute Gasteiger partial charge is 0.166 e. The number of hydrogen-bond acceptors (Lipinski definition) is 1. The second-order valence-electron chi connectivity index (χ2n) is 3.74. The minimum absolute atomic E-state index is 0.206. The van der Waals surface area contributed by atoms with Crippen LogP contribution in [0.25, 0.3) is 11.1 Å². The first-order chi connectivity index (χ1) is 8.13. The Kier molecular flexibility index (Phi) is 2.88. The highest BCUT2D eigenvalue weighted by molar-refractivity contribution is 5.66. The van der Waals surface area contributed by atoms with Crippen LogP contribution < -0.4 is 0 Å². The summed E-state index contributed by atoms with van der Waals surface area (Å²) in [6.45, 7) is 1.76. The van der Waals surface area contributed by atoms with E-state index in [2.05, 4.69) is 0 Å². The van der Waals surface area contributed by atoms with Crippen LogP contribution in [0.3, 0.4) is 0 Å². The van der Waals surface area contributed by atoms with E-state index in [-0.39, 0.29) is 5.56 Å². The number of benzene rings is 2. The number of halogens is 2. The molecule has 0 heterocycles. The third-order valence-electron chi connectivity index (χ3n) is 2.61. The third-order valence-corrected chi connectivity index (χ3v) is 2.61. The molecule has 84 valence electrons. The number of hydrogen-bond donors (Lipinski definition) is 0. The van der Waals surface area contributed by atoms with Crippen LogP contribution in [0.4, 0.5) is 8.78 Å². The summed E-state index contributed by atoms with van der Waals surface area (Å²) in [7, 11) is 0. The number of nitrogens with zero attached hydrogens (tertiary/aromatic N) is 1. The van der Waals surface area contributed by atoms with Crippen LogP contribution in [0.15, 0.2) is 36.4 Å². The molecule has 2 rings (SSSR count). The molecule has 2 aromatic carbocycles. The van der Waals surface area contributed by atoms with Crippen molar-refractivity contribution in [2.75, 3.05) is 0 Å². The lowest BCUT2D eigenvalue weighted by molar-refractivity contribution is 0.511. The minimum Gasteiger partial charge on any atom is -0.204 e. The summed E-state index contributed by atoms with van der Waals surface area (Å²) in [6, 6.07) is 11.0. The largest absolute Gasteiger partial charge is 0.204 e. The van der Waals surface area contributed by atoms with Crippen LogP contribution in [0.5, 0.6) is 0 Å². The van der Waals surface area contributed by atoms with Gasteiger partial charge in [0.15, 0.2) is 11.6 Å². The summed E-state index contributed by atoms with van der Waals surface area (Å²) < 4.78 is 26.6. The maximum Gasteiger partial charge on any atom is 0.166 e. The van der Waals surface area contributed by atoms with E-state index in [9.17, 15) is 8.78 Å². The minimum atomic E-state index is -0.871. The summed E-state index contributed by atoms with van der Waals surface area (Å²) in [5.41, 5.74) is 2.05. The quantitative estimate of drug-likeness (QED) is 0.729. The first kappa shape index (κ1) is 11.3. The molecule has 0 amide bonds. The Balaban J connectivity index is 2.59. The summed E-state index contributed by atoms with van der Waals surface area (Å²) in [5, 5.41) is 8.79. The Hall–Kier alpha value is -2.21. The van der Waals surface area contributed by atoms with E-state index in [0.717, 1.165) is 11.6 Å². The van der Waals surface area contributed by atoms with Gasteiger partial charge in [-0.25, -0.2) is 8.78 Å². The molecule has 0 fully saturated rings. The predicted octanol–water partition coefficient (Wildman–Crippen LogP) is 3.81. The summed E-state index contributed by atoms with van der Waals surface area (Å²) >= 11 is 0. The van der Waals surface area contributed by atoms with Crippen molar-refractivity contribution in [3.63, 3.8) is 0 Å². The van der Waals surface area contributed by atoms with Gasteiger partial charge in [-0.05, 0) is 30.2 Å². The molecule has 0 unspecified atom stereocenters. The zero-order valence-corrected chi connectivity index (χ0v) is 9.17. The van der Waals surface area contributed by atoms with E-state index < -0.39 is 11.6 Å². The Morgan fingerprint density at radius 1 is 1.12 bits per heavy atom. The van der Waals surface area contributed by atoms with Crippen molar-refractivity contribution in [2.45, 2.75) is 6.92 Å². The SMILES string of the molecule is Cc1cc(-c2cccc(F)c2F)ccc1C#N. The first-order valence-corrected chi connectivity index (χ1v) is 5.08. The van der Waals surface area contributed by atoms with E-state index >= 15 is 0 Å². The van der Waals surface area contributed by atoms with Crippen molar-refractivity contribution in [3.8, 4) is 17.2 Å². The second-order valence-corrected chi connectivity index (χ2v) is 3.74. The zero-order chi connectivity index (χ0) is 12.4. The van der Waals surface area contributed by atoms with Crippen molar-refractivity contribution in [2.24, 2.45) is 0 Å². The normalized spacial score (nSPS) is 10.0. The zero-order valence-electron chi connectivity index (χ0n) is 9.17. The Labute approximate surface area is 97.9 Å². The summed E-state index contributed by atoms with van der Waals surface area (Å²) in [4.78, 5) is 0. The van der Waals surface area contributed by atoms with E-state index in [1.807, 2.05) is 6.07 Å². The topological polar surface area (TPSA) is 23.8 Å². The van der Waals surface area contributed by atoms with Crippen molar-refractivity contribution in [3.05, 3.63) is 59.2 Å². The molecule has 0 aliphatic heterocycles. The third kappa shape index (κ3) is 2.02. The van der Waals surface area contributed by atoms with Crippen LogP contribution in [0.1, 0.15) is 11.1 Å². The van der Waals surface area contributed by atoms with Gasteiger partial charge in [0.05, 0.1) is 11.6 Å². The second kappa shape index (κ2) is 4.34. The molecule has 0 aliphatic carbocycles. The van der Waals surface area contributed by atoms with Crippen LogP contribution in [0.2, 0.25) is 0 Å². The molecular formula is C14H9F2N. The van der Waals surface area contributed by atoms with Crippen LogP contribution in [0, 0.1) is 29.9 Å². The lowest BCUT2D eigenvalue weighted by Gasteiger charge is -2.06. The highest BCUT2D eigenvalue weighted by Crippen LogP contribution is 2.26. The molecule has 0 aromatic heterocycles. The summed E-state index contributed by atoms with van der Waals surface area (Å²) in [5.74, 6) is -1.74. The molecule has 0 N–H and O–H groups in total. The van der Waals surface area contributed by atoms with Gasteiger partial charge >= 0.3 is 0 Å². The van der Waals surface area contributed by atoms with Gasteiger partial charge in [-0.2, -0.15) is 5.26 Å². The molecule has 0 spiro atoms. The van der Waals surface area contributed by atoms with Crippen molar-refractivity contribution in [1.29, 1.82) is 5.26 Å². The maximum atomic E-state index is 13.6.